The topological polar surface area (TPSA) is 50.5 Å². The van der Waals surface area contributed by atoms with Crippen molar-refractivity contribution < 1.29 is 4.79 Å². The molecule has 0 aromatic carbocycles. The van der Waals surface area contributed by atoms with Crippen LogP contribution < -0.4 is 0 Å². The molecule has 0 aliphatic carbocycles. The fourth-order valence-electron chi connectivity index (χ4n) is 3.41. The third-order valence-electron chi connectivity index (χ3n) is 4.65. The lowest BCUT2D eigenvalue weighted by Gasteiger charge is -2.35. The van der Waals surface area contributed by atoms with Gasteiger partial charge < -0.3 is 4.90 Å². The second-order valence-electron chi connectivity index (χ2n) is 6.22. The fraction of sp³-hybridized carbons (Fsp3) is 0.389. The first-order chi connectivity index (χ1) is 11.8. The predicted molar refractivity (Wildman–Crippen MR) is 94.3 cm³/mol. The van der Waals surface area contributed by atoms with Crippen LogP contribution >= 0.6 is 11.3 Å². The largest absolute Gasteiger partial charge is 0.334 e. The number of likely N-dealkylation sites (tertiary alicyclic amines) is 1. The number of aromatic nitrogens is 3. The number of amides is 1. The van der Waals surface area contributed by atoms with Crippen molar-refractivity contribution in [3.8, 4) is 0 Å². The van der Waals surface area contributed by atoms with Gasteiger partial charge >= 0.3 is 0 Å². The molecule has 0 N–H and O–H groups in total. The van der Waals surface area contributed by atoms with E-state index in [0.29, 0.717) is 17.5 Å². The summed E-state index contributed by atoms with van der Waals surface area (Å²) in [6, 6.07) is 6.42. The number of imidazole rings is 1. The second kappa shape index (κ2) is 6.73. The molecule has 0 unspecified atom stereocenters. The number of fused-ring (bicyclic) bond motifs is 1. The molecule has 1 amide bonds. The first-order valence-electron chi connectivity index (χ1n) is 8.44. The van der Waals surface area contributed by atoms with Crippen LogP contribution in [0.2, 0.25) is 0 Å². The number of hydrogen-bond donors (Lipinski definition) is 0. The Morgan fingerprint density at radius 3 is 3.12 bits per heavy atom. The summed E-state index contributed by atoms with van der Waals surface area (Å²) in [5.74, 6) is 0.615. The molecule has 1 saturated heterocycles. The van der Waals surface area contributed by atoms with E-state index in [2.05, 4.69) is 27.5 Å². The van der Waals surface area contributed by atoms with Gasteiger partial charge in [-0.25, -0.2) is 9.97 Å². The normalized spacial score (nSPS) is 18.2. The van der Waals surface area contributed by atoms with Crippen LogP contribution in [0.4, 0.5) is 0 Å². The van der Waals surface area contributed by atoms with Gasteiger partial charge in [0.15, 0.2) is 0 Å². The predicted octanol–water partition coefficient (Wildman–Crippen LogP) is 3.42. The molecule has 124 valence electrons. The first-order valence-corrected chi connectivity index (χ1v) is 9.32. The van der Waals surface area contributed by atoms with Crippen LogP contribution in [-0.4, -0.2) is 37.8 Å². The van der Waals surface area contributed by atoms with Crippen LogP contribution in [0, 0.1) is 0 Å². The number of piperidine rings is 1. The number of thiophene rings is 1. The van der Waals surface area contributed by atoms with E-state index in [1.165, 1.54) is 11.3 Å². The fourth-order valence-corrected chi connectivity index (χ4v) is 4.14. The molecule has 6 heteroatoms. The Morgan fingerprint density at radius 2 is 2.29 bits per heavy atom. The Morgan fingerprint density at radius 1 is 1.33 bits per heavy atom. The van der Waals surface area contributed by atoms with Crippen molar-refractivity contribution in [1.82, 2.24) is 19.3 Å². The minimum Gasteiger partial charge on any atom is -0.334 e. The highest BCUT2D eigenvalue weighted by Crippen LogP contribution is 2.24. The molecule has 3 aromatic heterocycles. The number of aryl methyl sites for hydroxylation is 1. The van der Waals surface area contributed by atoms with E-state index in [1.54, 1.807) is 28.1 Å². The highest BCUT2D eigenvalue weighted by Gasteiger charge is 2.28. The van der Waals surface area contributed by atoms with Crippen LogP contribution in [0.1, 0.15) is 41.0 Å². The minimum atomic E-state index is 0.0383. The number of carbonyl (C=O) groups is 1. The van der Waals surface area contributed by atoms with Gasteiger partial charge in [0.2, 0.25) is 5.78 Å². The Labute approximate surface area is 145 Å². The molecule has 4 heterocycles. The van der Waals surface area contributed by atoms with Gasteiger partial charge in [-0.1, -0.05) is 6.07 Å². The van der Waals surface area contributed by atoms with Crippen molar-refractivity contribution in [2.75, 3.05) is 6.54 Å². The molecule has 0 radical (unpaired) electrons. The van der Waals surface area contributed by atoms with Crippen molar-refractivity contribution in [2.45, 2.75) is 38.1 Å². The maximum atomic E-state index is 13.0. The molecule has 0 bridgehead atoms. The Hall–Kier alpha value is -2.21. The maximum Gasteiger partial charge on any atom is 0.274 e. The van der Waals surface area contributed by atoms with Crippen molar-refractivity contribution in [2.24, 2.45) is 0 Å². The lowest BCUT2D eigenvalue weighted by molar-refractivity contribution is 0.0597. The quantitative estimate of drug-likeness (QED) is 0.731. The average Bonchev–Trinajstić information content (AvgIpc) is 3.29. The van der Waals surface area contributed by atoms with Crippen molar-refractivity contribution in [1.29, 1.82) is 0 Å². The van der Waals surface area contributed by atoms with Crippen molar-refractivity contribution in [3.63, 3.8) is 0 Å². The van der Waals surface area contributed by atoms with E-state index >= 15 is 0 Å². The van der Waals surface area contributed by atoms with E-state index in [9.17, 15) is 4.79 Å². The molecule has 5 nitrogen and oxygen atoms in total. The highest BCUT2D eigenvalue weighted by atomic mass is 32.1. The van der Waals surface area contributed by atoms with Crippen LogP contribution in [0.3, 0.4) is 0 Å². The van der Waals surface area contributed by atoms with E-state index in [4.69, 9.17) is 0 Å². The Bertz CT molecular complexity index is 794. The summed E-state index contributed by atoms with van der Waals surface area (Å²) < 4.78 is 1.80. The molecular weight excluding hydrogens is 320 g/mol. The van der Waals surface area contributed by atoms with Gasteiger partial charge in [0, 0.05) is 36.1 Å². The number of nitrogens with zero attached hydrogens (tertiary/aromatic N) is 4. The molecule has 3 aromatic rings. The summed E-state index contributed by atoms with van der Waals surface area (Å²) in [4.78, 5) is 25.0. The zero-order valence-electron chi connectivity index (χ0n) is 13.5. The van der Waals surface area contributed by atoms with Crippen molar-refractivity contribution in [3.05, 3.63) is 52.7 Å². The first kappa shape index (κ1) is 15.3. The monoisotopic (exact) mass is 340 g/mol. The summed E-state index contributed by atoms with van der Waals surface area (Å²) in [5, 5.41) is 2.11. The number of rotatable bonds is 4. The van der Waals surface area contributed by atoms with Gasteiger partial charge in [0.05, 0.1) is 0 Å². The summed E-state index contributed by atoms with van der Waals surface area (Å²) in [6.07, 6.45) is 10.8. The lowest BCUT2D eigenvalue weighted by atomic mass is 9.97. The molecule has 24 heavy (non-hydrogen) atoms. The molecular formula is C18H20N4OS. The average molecular weight is 340 g/mol. The van der Waals surface area contributed by atoms with Gasteiger partial charge in [-0.15, -0.1) is 11.3 Å². The van der Waals surface area contributed by atoms with Crippen LogP contribution in [0.15, 0.2) is 42.2 Å². The Balaban J connectivity index is 1.51. The molecule has 4 rings (SSSR count). The lowest BCUT2D eigenvalue weighted by Crippen LogP contribution is -2.44. The number of hydrogen-bond acceptors (Lipinski definition) is 4. The summed E-state index contributed by atoms with van der Waals surface area (Å²) >= 11 is 1.79. The SMILES string of the molecule is O=C(c1cn2cccnc2n1)N1CCCC[C@H]1CCc1cccs1. The molecule has 1 aliphatic heterocycles. The zero-order chi connectivity index (χ0) is 16.4. The molecule has 0 spiro atoms. The van der Waals surface area contributed by atoms with Gasteiger partial charge in [0.25, 0.3) is 5.91 Å². The van der Waals surface area contributed by atoms with Crippen LogP contribution in [0.25, 0.3) is 5.78 Å². The highest BCUT2D eigenvalue weighted by molar-refractivity contribution is 7.09. The van der Waals surface area contributed by atoms with E-state index in [1.807, 2.05) is 17.2 Å². The Kier molecular flexibility index (Phi) is 4.30. The van der Waals surface area contributed by atoms with E-state index in [-0.39, 0.29) is 5.91 Å². The summed E-state index contributed by atoms with van der Waals surface area (Å²) in [5.41, 5.74) is 0.497. The molecule has 1 atom stereocenters. The summed E-state index contributed by atoms with van der Waals surface area (Å²) in [7, 11) is 0. The zero-order valence-corrected chi connectivity index (χ0v) is 14.3. The van der Waals surface area contributed by atoms with E-state index in [0.717, 1.165) is 32.2 Å². The second-order valence-corrected chi connectivity index (χ2v) is 7.25. The minimum absolute atomic E-state index is 0.0383. The van der Waals surface area contributed by atoms with Crippen molar-refractivity contribution >= 4 is 23.0 Å². The third kappa shape index (κ3) is 3.06. The smallest absolute Gasteiger partial charge is 0.274 e. The summed E-state index contributed by atoms with van der Waals surface area (Å²) in [6.45, 7) is 0.829. The van der Waals surface area contributed by atoms with Crippen LogP contribution in [-0.2, 0) is 6.42 Å². The van der Waals surface area contributed by atoms with Gasteiger partial charge in [-0.2, -0.15) is 0 Å². The molecule has 1 aliphatic rings. The number of carbonyl (C=O) groups excluding carboxylic acids is 1. The van der Waals surface area contributed by atoms with Gasteiger partial charge in [-0.05, 0) is 49.6 Å². The maximum absolute atomic E-state index is 13.0. The van der Waals surface area contributed by atoms with Gasteiger partial charge in [-0.3, -0.25) is 9.20 Å². The standard InChI is InChI=1S/C18H20N4OS/c23-17(16-13-21-10-4-9-19-18(21)20-16)22-11-2-1-5-14(22)7-8-15-6-3-12-24-15/h3-4,6,9-10,12-14H,1-2,5,7-8,11H2/t14-/m0/s1. The molecule has 0 saturated carbocycles. The third-order valence-corrected chi connectivity index (χ3v) is 5.58. The molecule has 1 fully saturated rings. The van der Waals surface area contributed by atoms with Gasteiger partial charge in [0.1, 0.15) is 5.69 Å². The van der Waals surface area contributed by atoms with Crippen LogP contribution in [0.5, 0.6) is 0 Å². The van der Waals surface area contributed by atoms with E-state index < -0.39 is 0 Å².